The van der Waals surface area contributed by atoms with E-state index >= 15 is 0 Å². The molecule has 0 saturated carbocycles. The highest BCUT2D eigenvalue weighted by Gasteiger charge is 2.21. The van der Waals surface area contributed by atoms with Crippen molar-refractivity contribution in [1.82, 2.24) is 0 Å². The minimum Gasteiger partial charge on any atom is -0.494 e. The van der Waals surface area contributed by atoms with Crippen LogP contribution in [0.4, 0.5) is 17.6 Å². The molecule has 2 nitrogen and oxygen atoms in total. The molecule has 0 aliphatic heterocycles. The molecule has 0 rings (SSSR count). The zero-order chi connectivity index (χ0) is 24.5. The van der Waals surface area contributed by atoms with Gasteiger partial charge in [0, 0.05) is 5.57 Å². The maximum absolute atomic E-state index is 14.6. The van der Waals surface area contributed by atoms with Gasteiger partial charge in [-0.05, 0) is 61.7 Å². The van der Waals surface area contributed by atoms with Crippen LogP contribution in [0.5, 0.6) is 0 Å². The first kappa shape index (κ1) is 28.7. The molecule has 174 valence electrons. The third-order valence-corrected chi connectivity index (χ3v) is 5.17. The van der Waals surface area contributed by atoms with Gasteiger partial charge in [0.1, 0.15) is 5.76 Å². The van der Waals surface area contributed by atoms with Gasteiger partial charge in [0.15, 0.2) is 17.5 Å². The van der Waals surface area contributed by atoms with Crippen molar-refractivity contribution >= 4 is 0 Å². The summed E-state index contributed by atoms with van der Waals surface area (Å²) in [5.74, 6) is -5.92. The van der Waals surface area contributed by atoms with Gasteiger partial charge >= 0.3 is 0 Å². The molecule has 0 aromatic rings. The third-order valence-electron chi connectivity index (χ3n) is 5.17. The molecule has 3 unspecified atom stereocenters. The lowest BCUT2D eigenvalue weighted by molar-refractivity contribution is 0.177. The van der Waals surface area contributed by atoms with Crippen LogP contribution in [0, 0.1) is 11.8 Å². The van der Waals surface area contributed by atoms with Gasteiger partial charge < -0.3 is 9.84 Å². The average Bonchev–Trinajstić information content (AvgIpc) is 2.76. The highest BCUT2D eigenvalue weighted by Crippen LogP contribution is 2.33. The summed E-state index contributed by atoms with van der Waals surface area (Å²) in [5, 5.41) is 9.35. The van der Waals surface area contributed by atoms with Crippen molar-refractivity contribution in [2.45, 2.75) is 53.1 Å². The quantitative estimate of drug-likeness (QED) is 0.179. The maximum atomic E-state index is 14.6. The lowest BCUT2D eigenvalue weighted by Crippen LogP contribution is -2.07. The molecule has 0 aliphatic rings. The Morgan fingerprint density at radius 3 is 1.77 bits per heavy atom. The number of ether oxygens (including phenoxy) is 1. The molecule has 6 heteroatoms. The van der Waals surface area contributed by atoms with E-state index in [1.54, 1.807) is 26.8 Å². The summed E-state index contributed by atoms with van der Waals surface area (Å²) in [4.78, 5) is 0. The molecule has 3 atom stereocenters. The fraction of sp³-hybridized carbons (Fsp3) is 0.440. The van der Waals surface area contributed by atoms with Gasteiger partial charge in [0.2, 0.25) is 5.83 Å². The summed E-state index contributed by atoms with van der Waals surface area (Å²) in [5.41, 5.74) is 0.0758. The number of rotatable bonds is 13. The van der Waals surface area contributed by atoms with E-state index in [4.69, 9.17) is 0 Å². The average molecular weight is 443 g/mol. The van der Waals surface area contributed by atoms with E-state index in [1.165, 1.54) is 6.92 Å². The van der Waals surface area contributed by atoms with E-state index in [0.29, 0.717) is 18.4 Å². The standard InChI is InChI=1S/C25H34F4O2/c1-14(10-11-15(2)20(7)24(28)25(29)21(8)31-9)18(5)22(26)23(27)19(6)16(3)12-13-17(4)30/h11,14,16-17,30H,5-8,10,12-13H2,1-4,9H3/b15-11+,23-22-,25-24-. The summed E-state index contributed by atoms with van der Waals surface area (Å²) >= 11 is 0. The third kappa shape index (κ3) is 8.74. The molecule has 0 heterocycles. The normalized spacial score (nSPS) is 16.5. The zero-order valence-electron chi connectivity index (χ0n) is 19.1. The van der Waals surface area contributed by atoms with Gasteiger partial charge in [-0.2, -0.15) is 4.39 Å². The Kier molecular flexibility index (Phi) is 12.2. The largest absolute Gasteiger partial charge is 0.494 e. The predicted molar refractivity (Wildman–Crippen MR) is 120 cm³/mol. The van der Waals surface area contributed by atoms with Gasteiger partial charge in [-0.1, -0.05) is 46.2 Å². The van der Waals surface area contributed by atoms with Crippen molar-refractivity contribution in [3.05, 3.63) is 83.8 Å². The van der Waals surface area contributed by atoms with Crippen LogP contribution in [0.2, 0.25) is 0 Å². The summed E-state index contributed by atoms with van der Waals surface area (Å²) in [6.45, 7) is 20.5. The van der Waals surface area contributed by atoms with E-state index < -0.39 is 41.1 Å². The van der Waals surface area contributed by atoms with Gasteiger partial charge in [0.25, 0.3) is 0 Å². The summed E-state index contributed by atoms with van der Waals surface area (Å²) in [7, 11) is 1.16. The van der Waals surface area contributed by atoms with Crippen molar-refractivity contribution < 1.29 is 27.4 Å². The molecule has 0 spiro atoms. The van der Waals surface area contributed by atoms with E-state index in [2.05, 4.69) is 31.1 Å². The Labute approximate surface area is 183 Å². The van der Waals surface area contributed by atoms with Crippen molar-refractivity contribution in [2.75, 3.05) is 7.11 Å². The fourth-order valence-electron chi connectivity index (χ4n) is 2.52. The Morgan fingerprint density at radius 2 is 1.32 bits per heavy atom. The predicted octanol–water partition coefficient (Wildman–Crippen LogP) is 7.89. The van der Waals surface area contributed by atoms with Gasteiger partial charge in [0.05, 0.1) is 13.2 Å². The summed E-state index contributed by atoms with van der Waals surface area (Å²) < 4.78 is 61.7. The molecule has 0 aromatic carbocycles. The minimum atomic E-state index is -1.25. The van der Waals surface area contributed by atoms with E-state index in [1.807, 2.05) is 0 Å². The van der Waals surface area contributed by atoms with Gasteiger partial charge in [-0.3, -0.25) is 0 Å². The molecule has 0 fully saturated rings. The van der Waals surface area contributed by atoms with E-state index in [9.17, 15) is 22.7 Å². The second kappa shape index (κ2) is 13.2. The van der Waals surface area contributed by atoms with Crippen LogP contribution in [0.25, 0.3) is 0 Å². The zero-order valence-corrected chi connectivity index (χ0v) is 19.1. The Morgan fingerprint density at radius 1 is 0.839 bits per heavy atom. The van der Waals surface area contributed by atoms with Gasteiger partial charge in [-0.15, -0.1) is 0 Å². The van der Waals surface area contributed by atoms with Crippen molar-refractivity contribution in [2.24, 2.45) is 11.8 Å². The molecule has 0 radical (unpaired) electrons. The number of hydrogen-bond acceptors (Lipinski definition) is 2. The fourth-order valence-corrected chi connectivity index (χ4v) is 2.52. The van der Waals surface area contributed by atoms with E-state index in [-0.39, 0.29) is 29.1 Å². The molecule has 0 amide bonds. The Hall–Kier alpha value is -2.34. The van der Waals surface area contributed by atoms with Crippen LogP contribution in [-0.4, -0.2) is 18.3 Å². The van der Waals surface area contributed by atoms with Crippen molar-refractivity contribution in [3.8, 4) is 0 Å². The highest BCUT2D eigenvalue weighted by atomic mass is 19.2. The summed E-state index contributed by atoms with van der Waals surface area (Å²) in [6, 6.07) is 0. The molecule has 0 bridgehead atoms. The highest BCUT2D eigenvalue weighted by molar-refractivity contribution is 5.44. The first-order chi connectivity index (χ1) is 14.3. The molecule has 0 aliphatic carbocycles. The van der Waals surface area contributed by atoms with Crippen LogP contribution < -0.4 is 0 Å². The maximum Gasteiger partial charge on any atom is 0.200 e. The lowest BCUT2D eigenvalue weighted by Gasteiger charge is -2.17. The first-order valence-electron chi connectivity index (χ1n) is 10.0. The van der Waals surface area contributed by atoms with Crippen molar-refractivity contribution in [3.63, 3.8) is 0 Å². The van der Waals surface area contributed by atoms with Crippen LogP contribution in [0.15, 0.2) is 83.8 Å². The SMILES string of the molecule is C=C(OC)/C(F)=C(/F)C(=C)/C(C)=C/CC(C)C(=C)/C(F)=C(/F)C(=C)C(C)CCC(C)O. The topological polar surface area (TPSA) is 29.5 Å². The number of allylic oxidation sites excluding steroid dienone is 9. The molecular weight excluding hydrogens is 408 g/mol. The Balaban J connectivity index is 5.30. The second-order valence-corrected chi connectivity index (χ2v) is 7.76. The van der Waals surface area contributed by atoms with Crippen LogP contribution in [-0.2, 0) is 4.74 Å². The lowest BCUT2D eigenvalue weighted by atomic mass is 9.91. The number of halogens is 4. The molecule has 31 heavy (non-hydrogen) atoms. The summed E-state index contributed by atoms with van der Waals surface area (Å²) in [6.07, 6.45) is 2.13. The molecule has 0 saturated heterocycles. The minimum absolute atomic E-state index is 0.00709. The number of hydrogen-bond donors (Lipinski definition) is 1. The Bertz CT molecular complexity index is 800. The van der Waals surface area contributed by atoms with Crippen LogP contribution >= 0.6 is 0 Å². The number of aliphatic hydroxyl groups is 1. The molecular formula is C25H34F4O2. The first-order valence-corrected chi connectivity index (χ1v) is 10.0. The van der Waals surface area contributed by atoms with E-state index in [0.717, 1.165) is 7.11 Å². The smallest absolute Gasteiger partial charge is 0.200 e. The molecule has 0 aromatic heterocycles. The monoisotopic (exact) mass is 442 g/mol. The van der Waals surface area contributed by atoms with Gasteiger partial charge in [-0.25, -0.2) is 13.2 Å². The molecule has 1 N–H and O–H groups in total. The number of aliphatic hydroxyl groups excluding tert-OH is 1. The second-order valence-electron chi connectivity index (χ2n) is 7.76. The van der Waals surface area contributed by atoms with Crippen LogP contribution in [0.3, 0.4) is 0 Å². The van der Waals surface area contributed by atoms with Crippen molar-refractivity contribution in [1.29, 1.82) is 0 Å². The van der Waals surface area contributed by atoms with Crippen LogP contribution in [0.1, 0.15) is 47.0 Å². The number of methoxy groups -OCH3 is 1.